The fourth-order valence-electron chi connectivity index (χ4n) is 2.01. The Bertz CT molecular complexity index is 640. The van der Waals surface area contributed by atoms with Crippen molar-refractivity contribution in [3.05, 3.63) is 28.2 Å². The third-order valence-corrected chi connectivity index (χ3v) is 3.41. The molecule has 1 aromatic rings. The smallest absolute Gasteiger partial charge is 0.387 e. The minimum Gasteiger partial charge on any atom is -0.434 e. The molecule has 0 saturated carbocycles. The third-order valence-electron chi connectivity index (χ3n) is 2.92. The highest BCUT2D eigenvalue weighted by atomic mass is 127. The molecule has 0 aliphatic heterocycles. The fourth-order valence-corrected chi connectivity index (χ4v) is 2.42. The van der Waals surface area contributed by atoms with E-state index in [0.717, 1.165) is 4.47 Å². The molecule has 6 nitrogen and oxygen atoms in total. The minimum atomic E-state index is -2.91. The quantitative estimate of drug-likeness (QED) is 0.269. The molecule has 0 fully saturated rings. The number of ether oxygens (including phenoxy) is 1. The van der Waals surface area contributed by atoms with Crippen LogP contribution in [-0.4, -0.2) is 37.1 Å². The molecule has 27 heavy (non-hydrogen) atoms. The standard InChI is InChI=1S/C17H25BrF2N4O2.HI/c1-5-21-16(23-10-14(25)24-17(2,3)4)22-9-11-8-12(18)6-7-13(11)26-15(19)20;/h6-8,15H,5,9-10H2,1-4H3,(H,24,25)(H2,21,22,23);1H. The number of halogens is 4. The van der Waals surface area contributed by atoms with Crippen LogP contribution in [-0.2, 0) is 11.3 Å². The van der Waals surface area contributed by atoms with E-state index in [2.05, 4.69) is 41.6 Å². The van der Waals surface area contributed by atoms with Crippen LogP contribution in [0, 0.1) is 0 Å². The molecular formula is C17H26BrF2IN4O2. The Labute approximate surface area is 184 Å². The molecule has 0 spiro atoms. The molecule has 154 valence electrons. The number of carbonyl (C=O) groups is 1. The van der Waals surface area contributed by atoms with Crippen molar-refractivity contribution in [3.8, 4) is 5.75 Å². The van der Waals surface area contributed by atoms with Crippen LogP contribution in [0.15, 0.2) is 27.7 Å². The van der Waals surface area contributed by atoms with E-state index in [1.807, 2.05) is 27.7 Å². The summed E-state index contributed by atoms with van der Waals surface area (Å²) in [6.07, 6.45) is 0. The van der Waals surface area contributed by atoms with Crippen molar-refractivity contribution < 1.29 is 18.3 Å². The first-order chi connectivity index (χ1) is 12.1. The van der Waals surface area contributed by atoms with Gasteiger partial charge in [0.1, 0.15) is 5.75 Å². The monoisotopic (exact) mass is 562 g/mol. The minimum absolute atomic E-state index is 0. The lowest BCUT2D eigenvalue weighted by Crippen LogP contribution is -2.48. The summed E-state index contributed by atoms with van der Waals surface area (Å²) in [6, 6.07) is 4.74. The number of hydrogen-bond donors (Lipinski definition) is 3. The maximum atomic E-state index is 12.5. The van der Waals surface area contributed by atoms with E-state index in [9.17, 15) is 13.6 Å². The fraction of sp³-hybridized carbons (Fsp3) is 0.529. The summed E-state index contributed by atoms with van der Waals surface area (Å²) in [5.74, 6) is 0.292. The average Bonchev–Trinajstić information content (AvgIpc) is 2.50. The van der Waals surface area contributed by atoms with E-state index >= 15 is 0 Å². The van der Waals surface area contributed by atoms with Crippen molar-refractivity contribution in [3.63, 3.8) is 0 Å². The van der Waals surface area contributed by atoms with Crippen molar-refractivity contribution in [2.75, 3.05) is 13.1 Å². The molecule has 10 heteroatoms. The Balaban J connectivity index is 0.00000676. The van der Waals surface area contributed by atoms with Crippen LogP contribution in [0.2, 0.25) is 0 Å². The van der Waals surface area contributed by atoms with Crippen molar-refractivity contribution in [2.24, 2.45) is 4.99 Å². The van der Waals surface area contributed by atoms with Crippen LogP contribution < -0.4 is 20.7 Å². The number of hydrogen-bond acceptors (Lipinski definition) is 3. The van der Waals surface area contributed by atoms with E-state index < -0.39 is 6.61 Å². The van der Waals surface area contributed by atoms with Crippen LogP contribution in [0.25, 0.3) is 0 Å². The van der Waals surface area contributed by atoms with Crippen LogP contribution in [0.3, 0.4) is 0 Å². The molecular weight excluding hydrogens is 537 g/mol. The first-order valence-electron chi connectivity index (χ1n) is 8.17. The van der Waals surface area contributed by atoms with E-state index in [-0.39, 0.29) is 54.3 Å². The van der Waals surface area contributed by atoms with E-state index in [1.165, 1.54) is 6.07 Å². The summed E-state index contributed by atoms with van der Waals surface area (Å²) in [5, 5.41) is 8.75. The average molecular weight is 563 g/mol. The van der Waals surface area contributed by atoms with Crippen molar-refractivity contribution in [2.45, 2.75) is 46.4 Å². The molecule has 0 atom stereocenters. The lowest BCUT2D eigenvalue weighted by molar-refractivity contribution is -0.121. The van der Waals surface area contributed by atoms with Gasteiger partial charge in [-0.1, -0.05) is 15.9 Å². The normalized spacial score (nSPS) is 11.6. The van der Waals surface area contributed by atoms with Gasteiger partial charge < -0.3 is 20.7 Å². The van der Waals surface area contributed by atoms with Gasteiger partial charge in [-0.25, -0.2) is 4.99 Å². The third kappa shape index (κ3) is 11.3. The number of rotatable bonds is 7. The Morgan fingerprint density at radius 3 is 2.52 bits per heavy atom. The van der Waals surface area contributed by atoms with Gasteiger partial charge in [-0.15, -0.1) is 24.0 Å². The van der Waals surface area contributed by atoms with Gasteiger partial charge in [-0.2, -0.15) is 8.78 Å². The lowest BCUT2D eigenvalue weighted by atomic mass is 10.1. The van der Waals surface area contributed by atoms with Gasteiger partial charge in [0.2, 0.25) is 5.91 Å². The molecule has 0 aliphatic rings. The predicted molar refractivity (Wildman–Crippen MR) is 117 cm³/mol. The van der Waals surface area contributed by atoms with E-state index in [0.29, 0.717) is 18.1 Å². The van der Waals surface area contributed by atoms with Gasteiger partial charge >= 0.3 is 6.61 Å². The Morgan fingerprint density at radius 1 is 1.30 bits per heavy atom. The molecule has 1 amide bonds. The van der Waals surface area contributed by atoms with Gasteiger partial charge in [0.15, 0.2) is 5.96 Å². The number of amides is 1. The van der Waals surface area contributed by atoms with Crippen LogP contribution in [0.1, 0.15) is 33.3 Å². The maximum Gasteiger partial charge on any atom is 0.387 e. The number of aliphatic imine (C=N–C) groups is 1. The summed E-state index contributed by atoms with van der Waals surface area (Å²) in [7, 11) is 0. The number of nitrogens with one attached hydrogen (secondary N) is 3. The van der Waals surface area contributed by atoms with Gasteiger partial charge in [0.05, 0.1) is 13.1 Å². The zero-order chi connectivity index (χ0) is 19.7. The highest BCUT2D eigenvalue weighted by Gasteiger charge is 2.14. The maximum absolute atomic E-state index is 12.5. The number of benzene rings is 1. The van der Waals surface area contributed by atoms with Crippen molar-refractivity contribution >= 4 is 51.8 Å². The van der Waals surface area contributed by atoms with Gasteiger partial charge in [0, 0.05) is 22.1 Å². The molecule has 0 aromatic heterocycles. The molecule has 0 unspecified atom stereocenters. The van der Waals surface area contributed by atoms with E-state index in [4.69, 9.17) is 0 Å². The second-order valence-corrected chi connectivity index (χ2v) is 7.39. The molecule has 0 saturated heterocycles. The highest BCUT2D eigenvalue weighted by Crippen LogP contribution is 2.25. The molecule has 0 radical (unpaired) electrons. The second-order valence-electron chi connectivity index (χ2n) is 6.48. The number of nitrogens with zero attached hydrogens (tertiary/aromatic N) is 1. The number of carbonyl (C=O) groups excluding carboxylic acids is 1. The van der Waals surface area contributed by atoms with Gasteiger partial charge in [0.25, 0.3) is 0 Å². The summed E-state index contributed by atoms with van der Waals surface area (Å²) < 4.78 is 30.3. The molecule has 1 aromatic carbocycles. The largest absolute Gasteiger partial charge is 0.434 e. The van der Waals surface area contributed by atoms with Crippen LogP contribution >= 0.6 is 39.9 Å². The molecule has 0 aliphatic carbocycles. The molecule has 0 heterocycles. The van der Waals surface area contributed by atoms with Crippen molar-refractivity contribution in [1.82, 2.24) is 16.0 Å². The Hall–Kier alpha value is -1.17. The SMILES string of the molecule is CCNC(=NCc1cc(Br)ccc1OC(F)F)NCC(=O)NC(C)(C)C.I. The molecule has 3 N–H and O–H groups in total. The zero-order valence-corrected chi connectivity index (χ0v) is 19.7. The Morgan fingerprint density at radius 2 is 1.96 bits per heavy atom. The summed E-state index contributed by atoms with van der Waals surface area (Å²) in [6.45, 7) is 5.39. The second kappa shape index (κ2) is 12.3. The summed E-state index contributed by atoms with van der Waals surface area (Å²) in [5.41, 5.74) is 0.169. The summed E-state index contributed by atoms with van der Waals surface area (Å²) >= 11 is 3.30. The molecule has 0 bridgehead atoms. The number of guanidine groups is 1. The van der Waals surface area contributed by atoms with Crippen molar-refractivity contribution in [1.29, 1.82) is 0 Å². The zero-order valence-electron chi connectivity index (χ0n) is 15.7. The number of alkyl halides is 2. The first kappa shape index (κ1) is 25.8. The lowest BCUT2D eigenvalue weighted by Gasteiger charge is -2.21. The topological polar surface area (TPSA) is 74.8 Å². The van der Waals surface area contributed by atoms with Crippen LogP contribution in [0.5, 0.6) is 5.75 Å². The Kier molecular flexibility index (Phi) is 11.8. The molecule has 1 rings (SSSR count). The summed E-state index contributed by atoms with van der Waals surface area (Å²) in [4.78, 5) is 16.2. The van der Waals surface area contributed by atoms with Gasteiger partial charge in [-0.3, -0.25) is 4.79 Å². The first-order valence-corrected chi connectivity index (χ1v) is 8.96. The van der Waals surface area contributed by atoms with Gasteiger partial charge in [-0.05, 0) is 45.9 Å². The van der Waals surface area contributed by atoms with E-state index in [1.54, 1.807) is 12.1 Å². The predicted octanol–water partition coefficient (Wildman–Crippen LogP) is 3.64. The highest BCUT2D eigenvalue weighted by molar-refractivity contribution is 14.0. The van der Waals surface area contributed by atoms with Crippen LogP contribution in [0.4, 0.5) is 8.78 Å².